The minimum Gasteiger partial charge on any atom is -0.496 e. The van der Waals surface area contributed by atoms with Crippen molar-refractivity contribution in [1.29, 1.82) is 0 Å². The topological polar surface area (TPSA) is 46.5 Å². The number of hydrogen-bond donors (Lipinski definition) is 1. The molecule has 1 aliphatic carbocycles. The Labute approximate surface area is 111 Å². The van der Waals surface area contributed by atoms with Crippen LogP contribution in [-0.4, -0.2) is 18.2 Å². The van der Waals surface area contributed by atoms with Crippen molar-refractivity contribution in [2.75, 3.05) is 7.11 Å². The highest BCUT2D eigenvalue weighted by Crippen LogP contribution is 2.39. The number of hydrogen-bond acceptors (Lipinski definition) is 2. The Kier molecular flexibility index (Phi) is 3.92. The summed E-state index contributed by atoms with van der Waals surface area (Å²) in [6.45, 7) is 0. The van der Waals surface area contributed by atoms with Gasteiger partial charge in [0.05, 0.1) is 7.11 Å². The lowest BCUT2D eigenvalue weighted by molar-refractivity contribution is -0.131. The predicted octanol–water partition coefficient (Wildman–Crippen LogP) is 3.31. The number of benzene rings is 1. The van der Waals surface area contributed by atoms with Gasteiger partial charge in [0.1, 0.15) is 5.75 Å². The monoisotopic (exact) mass is 266 g/mol. The largest absolute Gasteiger partial charge is 0.496 e. The van der Waals surface area contributed by atoms with Crippen LogP contribution in [0.5, 0.6) is 5.75 Å². The van der Waals surface area contributed by atoms with Gasteiger partial charge in [0.25, 0.3) is 0 Å². The third-order valence-corrected chi connectivity index (χ3v) is 3.28. The van der Waals surface area contributed by atoms with Crippen LogP contribution in [0, 0.1) is 5.92 Å². The first-order chi connectivity index (χ1) is 8.60. The van der Waals surface area contributed by atoms with Gasteiger partial charge >= 0.3 is 5.97 Å². The predicted molar refractivity (Wildman–Crippen MR) is 70.2 cm³/mol. The normalized spacial score (nSPS) is 15.6. The second-order valence-corrected chi connectivity index (χ2v) is 4.90. The number of aliphatic carboxylic acids is 1. The van der Waals surface area contributed by atoms with Crippen LogP contribution in [-0.2, 0) is 11.2 Å². The van der Waals surface area contributed by atoms with Gasteiger partial charge in [-0.2, -0.15) is 0 Å². The molecule has 1 fully saturated rings. The molecule has 1 aromatic carbocycles. The average molecular weight is 267 g/mol. The number of rotatable bonds is 5. The minimum atomic E-state index is -0.891. The summed E-state index contributed by atoms with van der Waals surface area (Å²) in [5.41, 5.74) is 1.88. The van der Waals surface area contributed by atoms with Crippen molar-refractivity contribution < 1.29 is 14.6 Å². The highest BCUT2D eigenvalue weighted by atomic mass is 35.5. The molecule has 0 amide bonds. The van der Waals surface area contributed by atoms with Crippen LogP contribution in [0.15, 0.2) is 29.8 Å². The van der Waals surface area contributed by atoms with Gasteiger partial charge in [-0.15, -0.1) is 0 Å². The van der Waals surface area contributed by atoms with Crippen molar-refractivity contribution >= 4 is 17.6 Å². The van der Waals surface area contributed by atoms with E-state index in [4.69, 9.17) is 21.4 Å². The van der Waals surface area contributed by atoms with Gasteiger partial charge in [-0.3, -0.25) is 0 Å². The minimum absolute atomic E-state index is 0.407. The first-order valence-electron chi connectivity index (χ1n) is 5.86. The van der Waals surface area contributed by atoms with Crippen molar-refractivity contribution in [3.8, 4) is 5.75 Å². The molecule has 0 radical (unpaired) electrons. The number of halogens is 1. The lowest BCUT2D eigenvalue weighted by Gasteiger charge is -2.11. The highest BCUT2D eigenvalue weighted by Gasteiger charge is 2.27. The van der Waals surface area contributed by atoms with Crippen LogP contribution in [0.1, 0.15) is 18.4 Å². The van der Waals surface area contributed by atoms with Gasteiger partial charge in [0.15, 0.2) is 0 Å². The molecule has 0 spiro atoms. The molecule has 18 heavy (non-hydrogen) atoms. The molecular formula is C14H15ClO3. The van der Waals surface area contributed by atoms with E-state index in [1.165, 1.54) is 6.08 Å². The lowest BCUT2D eigenvalue weighted by Crippen LogP contribution is -2.00. The summed E-state index contributed by atoms with van der Waals surface area (Å²) in [4.78, 5) is 10.8. The fraction of sp³-hybridized carbons (Fsp3) is 0.357. The SMILES string of the molecule is COc1ccc(Cl)cc1C/C(=C/C(=O)O)C1CC1. The fourth-order valence-corrected chi connectivity index (χ4v) is 2.23. The number of ether oxygens (including phenoxy) is 1. The summed E-state index contributed by atoms with van der Waals surface area (Å²) in [5.74, 6) is 0.263. The van der Waals surface area contributed by atoms with Crippen LogP contribution in [0.3, 0.4) is 0 Å². The Balaban J connectivity index is 2.25. The summed E-state index contributed by atoms with van der Waals surface area (Å²) >= 11 is 5.97. The van der Waals surface area contributed by atoms with Crippen molar-refractivity contribution in [2.45, 2.75) is 19.3 Å². The highest BCUT2D eigenvalue weighted by molar-refractivity contribution is 6.30. The fourth-order valence-electron chi connectivity index (χ4n) is 2.03. The molecule has 1 aromatic rings. The Morgan fingerprint density at radius 2 is 2.28 bits per heavy atom. The maximum absolute atomic E-state index is 10.8. The van der Waals surface area contributed by atoms with Gasteiger partial charge in [-0.25, -0.2) is 4.79 Å². The van der Waals surface area contributed by atoms with E-state index in [-0.39, 0.29) is 0 Å². The molecule has 0 atom stereocenters. The maximum atomic E-state index is 10.8. The Hall–Kier alpha value is -1.48. The summed E-state index contributed by atoms with van der Waals surface area (Å²) in [7, 11) is 1.60. The molecule has 0 saturated heterocycles. The van der Waals surface area contributed by atoms with Crippen molar-refractivity contribution in [3.63, 3.8) is 0 Å². The average Bonchev–Trinajstić information content (AvgIpc) is 3.11. The third kappa shape index (κ3) is 3.26. The molecule has 0 aliphatic heterocycles. The molecule has 4 heteroatoms. The molecule has 0 heterocycles. The van der Waals surface area contributed by atoms with Crippen molar-refractivity contribution in [1.82, 2.24) is 0 Å². The summed E-state index contributed by atoms with van der Waals surface area (Å²) in [5, 5.41) is 9.52. The maximum Gasteiger partial charge on any atom is 0.328 e. The zero-order chi connectivity index (χ0) is 13.1. The summed E-state index contributed by atoms with van der Waals surface area (Å²) in [6, 6.07) is 5.41. The number of carboxylic acids is 1. The number of methoxy groups -OCH3 is 1. The summed E-state index contributed by atoms with van der Waals surface area (Å²) < 4.78 is 5.27. The smallest absolute Gasteiger partial charge is 0.328 e. The Morgan fingerprint density at radius 3 is 2.83 bits per heavy atom. The number of carbonyl (C=O) groups is 1. The van der Waals surface area contributed by atoms with Gasteiger partial charge in [0, 0.05) is 11.1 Å². The molecular weight excluding hydrogens is 252 g/mol. The van der Waals surface area contributed by atoms with Crippen molar-refractivity contribution in [3.05, 3.63) is 40.4 Å². The van der Waals surface area contributed by atoms with E-state index < -0.39 is 5.97 Å². The van der Waals surface area contributed by atoms with Gasteiger partial charge in [-0.05, 0) is 48.9 Å². The zero-order valence-electron chi connectivity index (χ0n) is 10.1. The Morgan fingerprint density at radius 1 is 1.56 bits per heavy atom. The van der Waals surface area contributed by atoms with E-state index in [2.05, 4.69) is 0 Å². The standard InChI is InChI=1S/C14H15ClO3/c1-18-13-5-4-12(15)7-11(13)6-10(8-14(16)17)9-2-3-9/h4-5,7-9H,2-3,6H2,1H3,(H,16,17)/b10-8-. The quantitative estimate of drug-likeness (QED) is 0.832. The Bertz CT molecular complexity index is 490. The van der Waals surface area contributed by atoms with E-state index in [0.29, 0.717) is 17.4 Å². The molecule has 0 bridgehead atoms. The van der Waals surface area contributed by atoms with Gasteiger partial charge < -0.3 is 9.84 Å². The van der Waals surface area contributed by atoms with Crippen LogP contribution in [0.2, 0.25) is 5.02 Å². The molecule has 1 saturated carbocycles. The zero-order valence-corrected chi connectivity index (χ0v) is 10.9. The molecule has 96 valence electrons. The van der Waals surface area contributed by atoms with Crippen LogP contribution in [0.25, 0.3) is 0 Å². The van der Waals surface area contributed by atoms with Crippen LogP contribution < -0.4 is 4.74 Å². The molecule has 1 aliphatic rings. The molecule has 1 N–H and O–H groups in total. The number of carboxylic acid groups (broad SMARTS) is 1. The molecule has 0 aromatic heterocycles. The van der Waals surface area contributed by atoms with E-state index in [0.717, 1.165) is 29.7 Å². The van der Waals surface area contributed by atoms with E-state index in [9.17, 15) is 4.79 Å². The second kappa shape index (κ2) is 5.44. The van der Waals surface area contributed by atoms with E-state index in [1.54, 1.807) is 13.2 Å². The molecule has 3 nitrogen and oxygen atoms in total. The van der Waals surface area contributed by atoms with Crippen molar-refractivity contribution in [2.24, 2.45) is 5.92 Å². The first kappa shape index (κ1) is 13.0. The summed E-state index contributed by atoms with van der Waals surface area (Å²) in [6.07, 6.45) is 4.04. The van der Waals surface area contributed by atoms with Gasteiger partial charge in [0.2, 0.25) is 0 Å². The number of allylic oxidation sites excluding steroid dienone is 1. The van der Waals surface area contributed by atoms with E-state index >= 15 is 0 Å². The second-order valence-electron chi connectivity index (χ2n) is 4.46. The lowest BCUT2D eigenvalue weighted by atomic mass is 10.00. The molecule has 2 rings (SSSR count). The van der Waals surface area contributed by atoms with E-state index in [1.807, 2.05) is 12.1 Å². The van der Waals surface area contributed by atoms with Crippen LogP contribution in [0.4, 0.5) is 0 Å². The third-order valence-electron chi connectivity index (χ3n) is 3.05. The van der Waals surface area contributed by atoms with Crippen LogP contribution >= 0.6 is 11.6 Å². The molecule has 0 unspecified atom stereocenters. The first-order valence-corrected chi connectivity index (χ1v) is 6.23. The van der Waals surface area contributed by atoms with Gasteiger partial charge in [-0.1, -0.05) is 17.2 Å².